The van der Waals surface area contributed by atoms with Crippen LogP contribution in [-0.4, -0.2) is 37.3 Å². The van der Waals surface area contributed by atoms with Gasteiger partial charge in [0.25, 0.3) is 0 Å². The van der Waals surface area contributed by atoms with Gasteiger partial charge in [-0.15, -0.1) is 0 Å². The lowest BCUT2D eigenvalue weighted by Crippen LogP contribution is -2.35. The zero-order chi connectivity index (χ0) is 20.7. The first-order valence-electron chi connectivity index (χ1n) is 10.1. The van der Waals surface area contributed by atoms with E-state index >= 15 is 0 Å². The predicted octanol–water partition coefficient (Wildman–Crippen LogP) is 4.74. The Kier molecular flexibility index (Phi) is 4.96. The fourth-order valence-corrected chi connectivity index (χ4v) is 4.22. The number of hydrogen-bond donors (Lipinski definition) is 0. The Hall–Kier alpha value is -2.84. The number of oxazole rings is 1. The number of likely N-dealkylation sites (tertiary alicyclic amines) is 1. The molecule has 0 bridgehead atoms. The molecule has 0 radical (unpaired) electrons. The Bertz CT molecular complexity index is 1220. The fraction of sp³-hybridized carbons (Fsp3) is 0.318. The summed E-state index contributed by atoms with van der Waals surface area (Å²) in [6.07, 6.45) is 1.93. The lowest BCUT2D eigenvalue weighted by atomic mass is 9.97. The van der Waals surface area contributed by atoms with Crippen LogP contribution >= 0.6 is 12.2 Å². The van der Waals surface area contributed by atoms with E-state index in [4.69, 9.17) is 16.6 Å². The first-order valence-corrected chi connectivity index (χ1v) is 10.5. The molecule has 0 aliphatic carbocycles. The highest BCUT2D eigenvalue weighted by Crippen LogP contribution is 2.30. The second-order valence-corrected chi connectivity index (χ2v) is 8.06. The molecule has 1 aliphatic heterocycles. The van der Waals surface area contributed by atoms with Crippen LogP contribution in [0.4, 0.5) is 4.39 Å². The number of rotatable bonds is 4. The largest absolute Gasteiger partial charge is 0.440 e. The van der Waals surface area contributed by atoms with Crippen molar-refractivity contribution in [1.29, 1.82) is 0 Å². The molecule has 4 aromatic rings. The van der Waals surface area contributed by atoms with Gasteiger partial charge in [-0.1, -0.05) is 24.3 Å². The molecule has 0 saturated carbocycles. The molecule has 154 valence electrons. The summed E-state index contributed by atoms with van der Waals surface area (Å²) in [6, 6.07) is 14.5. The van der Waals surface area contributed by atoms with Crippen molar-refractivity contribution in [3.05, 3.63) is 65.0 Å². The minimum absolute atomic E-state index is 0.299. The summed E-state index contributed by atoms with van der Waals surface area (Å²) in [5, 5.41) is 4.60. The van der Waals surface area contributed by atoms with Gasteiger partial charge in [-0.05, 0) is 49.3 Å². The molecule has 0 N–H and O–H groups in total. The van der Waals surface area contributed by atoms with Crippen LogP contribution in [0.1, 0.15) is 24.7 Å². The molecule has 6 nitrogen and oxygen atoms in total. The van der Waals surface area contributed by atoms with Crippen molar-refractivity contribution in [1.82, 2.24) is 24.2 Å². The van der Waals surface area contributed by atoms with Crippen molar-refractivity contribution in [2.24, 2.45) is 7.05 Å². The highest BCUT2D eigenvalue weighted by atomic mass is 32.1. The zero-order valence-corrected chi connectivity index (χ0v) is 17.5. The number of benzene rings is 2. The van der Waals surface area contributed by atoms with E-state index in [-0.39, 0.29) is 5.82 Å². The van der Waals surface area contributed by atoms with Gasteiger partial charge < -0.3 is 8.98 Å². The SMILES string of the molecule is Cn1c(-c2ccccc2F)nn(CN2CCC(c3nc4ccccc4o3)CC2)c1=S. The van der Waals surface area contributed by atoms with Crippen molar-refractivity contribution in [3.63, 3.8) is 0 Å². The van der Waals surface area contributed by atoms with E-state index in [1.54, 1.807) is 27.4 Å². The van der Waals surface area contributed by atoms with Crippen LogP contribution in [0.5, 0.6) is 0 Å². The Morgan fingerprint density at radius 2 is 1.83 bits per heavy atom. The number of para-hydroxylation sites is 2. The quantitative estimate of drug-likeness (QED) is 0.444. The van der Waals surface area contributed by atoms with E-state index in [0.29, 0.717) is 28.7 Å². The lowest BCUT2D eigenvalue weighted by molar-refractivity contribution is 0.153. The summed E-state index contributed by atoms with van der Waals surface area (Å²) in [5.74, 6) is 1.39. The number of nitrogens with zero attached hydrogens (tertiary/aromatic N) is 5. The monoisotopic (exact) mass is 423 g/mol. The van der Waals surface area contributed by atoms with Crippen LogP contribution in [0.3, 0.4) is 0 Å². The number of fused-ring (bicyclic) bond motifs is 1. The third-order valence-electron chi connectivity index (χ3n) is 5.74. The standard InChI is InChI=1S/C22H22FN5OS/c1-26-20(16-6-2-3-7-17(16)23)25-28(22(26)30)14-27-12-10-15(11-13-27)21-24-18-8-4-5-9-19(18)29-21/h2-9,15H,10-14H2,1H3. The molecule has 1 saturated heterocycles. The van der Waals surface area contributed by atoms with Crippen LogP contribution < -0.4 is 0 Å². The Labute approximate surface area is 178 Å². The van der Waals surface area contributed by atoms with Gasteiger partial charge in [-0.25, -0.2) is 14.1 Å². The molecule has 30 heavy (non-hydrogen) atoms. The third-order valence-corrected chi connectivity index (χ3v) is 6.22. The van der Waals surface area contributed by atoms with Gasteiger partial charge in [-0.3, -0.25) is 4.90 Å². The number of hydrogen-bond acceptors (Lipinski definition) is 5. The molecule has 5 rings (SSSR count). The minimum Gasteiger partial charge on any atom is -0.440 e. The van der Waals surface area contributed by atoms with E-state index in [1.807, 2.05) is 31.3 Å². The second kappa shape index (κ2) is 7.77. The van der Waals surface area contributed by atoms with E-state index in [9.17, 15) is 4.39 Å². The maximum atomic E-state index is 14.2. The predicted molar refractivity (Wildman–Crippen MR) is 115 cm³/mol. The number of aromatic nitrogens is 4. The van der Waals surface area contributed by atoms with Crippen molar-refractivity contribution in [2.75, 3.05) is 13.1 Å². The fourth-order valence-electron chi connectivity index (χ4n) is 4.03. The highest BCUT2D eigenvalue weighted by molar-refractivity contribution is 7.71. The molecular weight excluding hydrogens is 401 g/mol. The van der Waals surface area contributed by atoms with Crippen LogP contribution in [0.25, 0.3) is 22.5 Å². The van der Waals surface area contributed by atoms with Gasteiger partial charge in [0.2, 0.25) is 0 Å². The number of halogens is 1. The molecule has 0 unspecified atom stereocenters. The summed E-state index contributed by atoms with van der Waals surface area (Å²) in [5.41, 5.74) is 2.21. The molecule has 0 amide bonds. The molecule has 3 heterocycles. The average Bonchev–Trinajstić information content (AvgIpc) is 3.32. The molecule has 2 aromatic heterocycles. The second-order valence-electron chi connectivity index (χ2n) is 7.70. The smallest absolute Gasteiger partial charge is 0.199 e. The van der Waals surface area contributed by atoms with Gasteiger partial charge in [0.05, 0.1) is 12.2 Å². The number of piperidine rings is 1. The average molecular weight is 424 g/mol. The van der Waals surface area contributed by atoms with Gasteiger partial charge >= 0.3 is 0 Å². The molecule has 1 aliphatic rings. The molecule has 2 aromatic carbocycles. The van der Waals surface area contributed by atoms with E-state index in [0.717, 1.165) is 42.9 Å². The zero-order valence-electron chi connectivity index (χ0n) is 16.7. The van der Waals surface area contributed by atoms with Crippen LogP contribution in [-0.2, 0) is 13.7 Å². The Morgan fingerprint density at radius 1 is 1.10 bits per heavy atom. The summed E-state index contributed by atoms with van der Waals surface area (Å²) in [7, 11) is 1.83. The Balaban J connectivity index is 1.29. The molecule has 1 fully saturated rings. The first-order chi connectivity index (χ1) is 14.6. The lowest BCUT2D eigenvalue weighted by Gasteiger charge is -2.30. The third kappa shape index (κ3) is 3.46. The van der Waals surface area contributed by atoms with Crippen molar-refractivity contribution >= 4 is 23.3 Å². The minimum atomic E-state index is -0.299. The topological polar surface area (TPSA) is 52.0 Å². The molecule has 0 atom stereocenters. The van der Waals surface area contributed by atoms with E-state index in [1.165, 1.54) is 6.07 Å². The van der Waals surface area contributed by atoms with Gasteiger partial charge in [0.1, 0.15) is 11.3 Å². The van der Waals surface area contributed by atoms with Crippen molar-refractivity contribution < 1.29 is 8.81 Å². The first kappa shape index (κ1) is 19.1. The van der Waals surface area contributed by atoms with Crippen LogP contribution in [0.2, 0.25) is 0 Å². The van der Waals surface area contributed by atoms with Gasteiger partial charge in [0, 0.05) is 26.1 Å². The summed E-state index contributed by atoms with van der Waals surface area (Å²) >= 11 is 5.55. The maximum Gasteiger partial charge on any atom is 0.199 e. The highest BCUT2D eigenvalue weighted by Gasteiger charge is 2.25. The normalized spacial score (nSPS) is 15.8. The summed E-state index contributed by atoms with van der Waals surface area (Å²) in [6.45, 7) is 2.38. The molecular formula is C22H22FN5OS. The van der Waals surface area contributed by atoms with Crippen LogP contribution in [0.15, 0.2) is 52.9 Å². The van der Waals surface area contributed by atoms with Gasteiger partial charge in [0.15, 0.2) is 22.1 Å². The van der Waals surface area contributed by atoms with Crippen molar-refractivity contribution in [2.45, 2.75) is 25.4 Å². The summed E-state index contributed by atoms with van der Waals surface area (Å²) in [4.78, 5) is 6.97. The van der Waals surface area contributed by atoms with E-state index in [2.05, 4.69) is 15.0 Å². The molecule has 8 heteroatoms. The molecule has 0 spiro atoms. The Morgan fingerprint density at radius 3 is 2.60 bits per heavy atom. The van der Waals surface area contributed by atoms with Crippen molar-refractivity contribution in [3.8, 4) is 11.4 Å². The van der Waals surface area contributed by atoms with E-state index < -0.39 is 0 Å². The van der Waals surface area contributed by atoms with Gasteiger partial charge in [-0.2, -0.15) is 5.10 Å². The maximum absolute atomic E-state index is 14.2. The van der Waals surface area contributed by atoms with Crippen LogP contribution in [0, 0.1) is 10.6 Å². The summed E-state index contributed by atoms with van der Waals surface area (Å²) < 4.78 is 24.3.